The van der Waals surface area contributed by atoms with Crippen LogP contribution in [0.1, 0.15) is 49.9 Å². The maximum atomic E-state index is 12.6. The Labute approximate surface area is 176 Å². The zero-order valence-corrected chi connectivity index (χ0v) is 17.6. The van der Waals surface area contributed by atoms with Crippen molar-refractivity contribution < 1.29 is 28.6 Å². The molecule has 2 aliphatic heterocycles. The number of hydrogen-bond acceptors (Lipinski definition) is 6. The molecule has 7 heteroatoms. The molecule has 30 heavy (non-hydrogen) atoms. The predicted molar refractivity (Wildman–Crippen MR) is 109 cm³/mol. The molecular formula is C23H29NO6. The summed E-state index contributed by atoms with van der Waals surface area (Å²) in [6, 6.07) is 5.12. The Balaban J connectivity index is 1.32. The summed E-state index contributed by atoms with van der Waals surface area (Å²) < 4.78 is 16.2. The van der Waals surface area contributed by atoms with Crippen LogP contribution in [-0.4, -0.2) is 55.0 Å². The lowest BCUT2D eigenvalue weighted by atomic mass is 9.77. The molecule has 1 saturated carbocycles. The van der Waals surface area contributed by atoms with Crippen LogP contribution in [0.4, 0.5) is 0 Å². The highest BCUT2D eigenvalue weighted by molar-refractivity contribution is 5.99. The Morgan fingerprint density at radius 3 is 2.70 bits per heavy atom. The number of carbonyl (C=O) groups excluding carboxylic acids is 3. The van der Waals surface area contributed by atoms with Crippen LogP contribution >= 0.6 is 0 Å². The summed E-state index contributed by atoms with van der Waals surface area (Å²) >= 11 is 0. The van der Waals surface area contributed by atoms with Crippen molar-refractivity contribution in [3.63, 3.8) is 0 Å². The minimum Gasteiger partial charge on any atom is -0.486 e. The van der Waals surface area contributed by atoms with Gasteiger partial charge in [-0.1, -0.05) is 26.7 Å². The maximum absolute atomic E-state index is 12.6. The van der Waals surface area contributed by atoms with E-state index in [1.165, 1.54) is 6.42 Å². The normalized spacial score (nSPS) is 28.3. The average Bonchev–Trinajstić information content (AvgIpc) is 3.14. The molecule has 1 aromatic rings. The van der Waals surface area contributed by atoms with Gasteiger partial charge in [0.2, 0.25) is 5.91 Å². The Morgan fingerprint density at radius 2 is 1.90 bits per heavy atom. The third kappa shape index (κ3) is 4.16. The van der Waals surface area contributed by atoms with Gasteiger partial charge in [0.1, 0.15) is 13.2 Å². The van der Waals surface area contributed by atoms with Crippen LogP contribution in [-0.2, 0) is 14.3 Å². The molecule has 0 spiro atoms. The van der Waals surface area contributed by atoms with Gasteiger partial charge in [0, 0.05) is 24.6 Å². The molecule has 0 aromatic heterocycles. The fourth-order valence-electron chi connectivity index (χ4n) is 4.76. The highest BCUT2D eigenvalue weighted by atomic mass is 16.6. The lowest BCUT2D eigenvalue weighted by Gasteiger charge is -2.39. The molecule has 2 heterocycles. The average molecular weight is 415 g/mol. The zero-order chi connectivity index (χ0) is 21.3. The number of amides is 1. The van der Waals surface area contributed by atoms with Crippen LogP contribution in [0, 0.1) is 17.8 Å². The van der Waals surface area contributed by atoms with Gasteiger partial charge in [-0.3, -0.25) is 14.4 Å². The summed E-state index contributed by atoms with van der Waals surface area (Å²) in [6.07, 6.45) is 3.45. The van der Waals surface area contributed by atoms with Gasteiger partial charge < -0.3 is 19.1 Å². The van der Waals surface area contributed by atoms with Crippen LogP contribution in [0.5, 0.6) is 11.5 Å². The third-order valence-electron chi connectivity index (χ3n) is 6.77. The first-order valence-electron chi connectivity index (χ1n) is 10.8. The van der Waals surface area contributed by atoms with Crippen LogP contribution in [0.2, 0.25) is 0 Å². The second-order valence-corrected chi connectivity index (χ2v) is 8.67. The molecule has 4 atom stereocenters. The van der Waals surface area contributed by atoms with Gasteiger partial charge in [0.25, 0.3) is 0 Å². The molecule has 2 fully saturated rings. The van der Waals surface area contributed by atoms with Crippen molar-refractivity contribution in [1.29, 1.82) is 0 Å². The van der Waals surface area contributed by atoms with E-state index in [-0.39, 0.29) is 30.8 Å². The summed E-state index contributed by atoms with van der Waals surface area (Å²) in [5, 5.41) is 0. The van der Waals surface area contributed by atoms with Gasteiger partial charge in [-0.05, 0) is 36.5 Å². The first-order chi connectivity index (χ1) is 14.4. The zero-order valence-electron chi connectivity index (χ0n) is 17.6. The number of carbonyl (C=O) groups is 3. The molecule has 0 unspecified atom stereocenters. The van der Waals surface area contributed by atoms with Crippen molar-refractivity contribution in [2.75, 3.05) is 26.4 Å². The quantitative estimate of drug-likeness (QED) is 0.543. The molecule has 7 nitrogen and oxygen atoms in total. The Kier molecular flexibility index (Phi) is 5.97. The Hall–Kier alpha value is -2.57. The first-order valence-corrected chi connectivity index (χ1v) is 10.8. The van der Waals surface area contributed by atoms with E-state index in [4.69, 9.17) is 14.2 Å². The molecule has 1 amide bonds. The monoisotopic (exact) mass is 415 g/mol. The number of esters is 1. The summed E-state index contributed by atoms with van der Waals surface area (Å²) in [4.78, 5) is 39.4. The van der Waals surface area contributed by atoms with Crippen molar-refractivity contribution in [2.24, 2.45) is 17.8 Å². The van der Waals surface area contributed by atoms with E-state index in [2.05, 4.69) is 13.8 Å². The second kappa shape index (κ2) is 8.66. The molecule has 3 aliphatic rings. The predicted octanol–water partition coefficient (Wildman–Crippen LogP) is 2.86. The van der Waals surface area contributed by atoms with Gasteiger partial charge in [0.15, 0.2) is 23.9 Å². The SMILES string of the molecule is C[C@@H]1[C@@H](C)CCC[C@@H]1N1C[C@H](C(=O)OCC(=O)c2ccc3c(c2)OCCO3)CC1=O. The topological polar surface area (TPSA) is 82.1 Å². The first kappa shape index (κ1) is 20.7. The minimum atomic E-state index is -0.505. The molecule has 1 aromatic carbocycles. The van der Waals surface area contributed by atoms with E-state index in [0.29, 0.717) is 48.7 Å². The lowest BCUT2D eigenvalue weighted by Crippen LogP contribution is -2.45. The number of likely N-dealkylation sites (tertiary alicyclic amines) is 1. The third-order valence-corrected chi connectivity index (χ3v) is 6.77. The van der Waals surface area contributed by atoms with Crippen molar-refractivity contribution in [3.05, 3.63) is 23.8 Å². The van der Waals surface area contributed by atoms with Gasteiger partial charge >= 0.3 is 5.97 Å². The minimum absolute atomic E-state index is 0.0149. The van der Waals surface area contributed by atoms with Crippen molar-refractivity contribution >= 4 is 17.7 Å². The summed E-state index contributed by atoms with van der Waals surface area (Å²) in [5.41, 5.74) is 0.404. The molecule has 4 rings (SSSR count). The van der Waals surface area contributed by atoms with Crippen molar-refractivity contribution in [1.82, 2.24) is 4.90 Å². The molecular weight excluding hydrogens is 386 g/mol. The summed E-state index contributed by atoms with van der Waals surface area (Å²) in [7, 11) is 0. The fraction of sp³-hybridized carbons (Fsp3) is 0.609. The largest absolute Gasteiger partial charge is 0.486 e. The number of benzene rings is 1. The van der Waals surface area contributed by atoms with Crippen LogP contribution in [0.25, 0.3) is 0 Å². The van der Waals surface area contributed by atoms with Gasteiger partial charge in [0.05, 0.1) is 5.92 Å². The van der Waals surface area contributed by atoms with Gasteiger partial charge in [-0.2, -0.15) is 0 Å². The van der Waals surface area contributed by atoms with Gasteiger partial charge in [-0.25, -0.2) is 0 Å². The number of rotatable bonds is 5. The van der Waals surface area contributed by atoms with Crippen LogP contribution < -0.4 is 9.47 Å². The van der Waals surface area contributed by atoms with E-state index >= 15 is 0 Å². The standard InChI is InChI=1S/C23H29NO6/c1-14-4-3-5-18(15(14)2)24-12-17(11-22(24)26)23(27)30-13-19(25)16-6-7-20-21(10-16)29-9-8-28-20/h6-7,10,14-15,17-18H,3-5,8-9,11-13H2,1-2H3/t14-,15+,17+,18-/m0/s1. The highest BCUT2D eigenvalue weighted by Crippen LogP contribution is 2.36. The smallest absolute Gasteiger partial charge is 0.311 e. The maximum Gasteiger partial charge on any atom is 0.311 e. The highest BCUT2D eigenvalue weighted by Gasteiger charge is 2.42. The van der Waals surface area contributed by atoms with Crippen LogP contribution in [0.15, 0.2) is 18.2 Å². The second-order valence-electron chi connectivity index (χ2n) is 8.67. The number of nitrogens with zero attached hydrogens (tertiary/aromatic N) is 1. The fourth-order valence-corrected chi connectivity index (χ4v) is 4.76. The van der Waals surface area contributed by atoms with E-state index in [1.807, 2.05) is 4.90 Å². The number of hydrogen-bond donors (Lipinski definition) is 0. The molecule has 0 N–H and O–H groups in total. The van der Waals surface area contributed by atoms with Crippen molar-refractivity contribution in [2.45, 2.75) is 45.6 Å². The Morgan fingerprint density at radius 1 is 1.13 bits per heavy atom. The Bertz CT molecular complexity index is 837. The van der Waals surface area contributed by atoms with Crippen LogP contribution in [0.3, 0.4) is 0 Å². The molecule has 162 valence electrons. The molecule has 1 saturated heterocycles. The number of ketones is 1. The van der Waals surface area contributed by atoms with Crippen molar-refractivity contribution in [3.8, 4) is 11.5 Å². The van der Waals surface area contributed by atoms with E-state index < -0.39 is 11.9 Å². The van der Waals surface area contributed by atoms with Gasteiger partial charge in [-0.15, -0.1) is 0 Å². The summed E-state index contributed by atoms with van der Waals surface area (Å²) in [6.45, 7) is 5.38. The molecule has 0 bridgehead atoms. The van der Waals surface area contributed by atoms with E-state index in [1.54, 1.807) is 18.2 Å². The molecule has 0 radical (unpaired) electrons. The van der Waals surface area contributed by atoms with E-state index in [9.17, 15) is 14.4 Å². The number of Topliss-reactive ketones (excluding diaryl/α,β-unsaturated/α-hetero) is 1. The number of ether oxygens (including phenoxy) is 3. The summed E-state index contributed by atoms with van der Waals surface area (Å²) in [5.74, 6) is 0.845. The number of fused-ring (bicyclic) bond motifs is 1. The lowest BCUT2D eigenvalue weighted by molar-refractivity contribution is -0.147. The molecule has 1 aliphatic carbocycles. The van der Waals surface area contributed by atoms with E-state index in [0.717, 1.165) is 12.8 Å².